The van der Waals surface area contributed by atoms with Crippen LogP contribution in [-0.4, -0.2) is 10.0 Å². The van der Waals surface area contributed by atoms with Gasteiger partial charge < -0.3 is 10.4 Å². The summed E-state index contributed by atoms with van der Waals surface area (Å²) in [6.07, 6.45) is 0. The fourth-order valence-corrected chi connectivity index (χ4v) is 2.00. The van der Waals surface area contributed by atoms with Crippen LogP contribution < -0.4 is 5.32 Å². The SMILES string of the molecule is O=[N+]([O-])c1ccc(NCc2cc(Br)ccc2O)cc1. The molecule has 0 saturated carbocycles. The topological polar surface area (TPSA) is 75.4 Å². The summed E-state index contributed by atoms with van der Waals surface area (Å²) in [5, 5.41) is 23.3. The molecule has 0 atom stereocenters. The van der Waals surface area contributed by atoms with Gasteiger partial charge >= 0.3 is 0 Å². The molecule has 0 amide bonds. The Hall–Kier alpha value is -2.08. The molecule has 0 spiro atoms. The van der Waals surface area contributed by atoms with E-state index >= 15 is 0 Å². The normalized spacial score (nSPS) is 10.2. The zero-order valence-electron chi connectivity index (χ0n) is 9.84. The molecule has 2 aromatic carbocycles. The smallest absolute Gasteiger partial charge is 0.269 e. The number of hydrogen-bond acceptors (Lipinski definition) is 4. The van der Waals surface area contributed by atoms with Gasteiger partial charge in [-0.2, -0.15) is 0 Å². The maximum Gasteiger partial charge on any atom is 0.269 e. The van der Waals surface area contributed by atoms with E-state index in [0.717, 1.165) is 15.7 Å². The number of nitro benzene ring substituents is 1. The summed E-state index contributed by atoms with van der Waals surface area (Å²) >= 11 is 3.33. The molecular formula is C13H11BrN2O3. The first-order valence-corrected chi connectivity index (χ1v) is 6.31. The third-order valence-electron chi connectivity index (χ3n) is 2.60. The summed E-state index contributed by atoms with van der Waals surface area (Å²) in [5.74, 6) is 0.206. The van der Waals surface area contributed by atoms with Crippen molar-refractivity contribution < 1.29 is 10.0 Å². The first kappa shape index (κ1) is 13.4. The van der Waals surface area contributed by atoms with Gasteiger partial charge in [0.1, 0.15) is 5.75 Å². The number of non-ortho nitro benzene ring substituents is 1. The van der Waals surface area contributed by atoms with Crippen LogP contribution in [0.1, 0.15) is 5.56 Å². The number of nitro groups is 1. The highest BCUT2D eigenvalue weighted by molar-refractivity contribution is 9.10. The molecule has 19 heavy (non-hydrogen) atoms. The summed E-state index contributed by atoms with van der Waals surface area (Å²) in [6, 6.07) is 11.3. The van der Waals surface area contributed by atoms with Crippen LogP contribution in [0.4, 0.5) is 11.4 Å². The molecule has 0 saturated heterocycles. The van der Waals surface area contributed by atoms with E-state index in [0.29, 0.717) is 6.54 Å². The summed E-state index contributed by atoms with van der Waals surface area (Å²) in [4.78, 5) is 10.1. The Labute approximate surface area is 118 Å². The van der Waals surface area contributed by atoms with Crippen LogP contribution in [-0.2, 0) is 6.54 Å². The molecule has 2 N–H and O–H groups in total. The minimum absolute atomic E-state index is 0.0517. The third-order valence-corrected chi connectivity index (χ3v) is 3.10. The van der Waals surface area contributed by atoms with Crippen molar-refractivity contribution in [3.05, 3.63) is 62.6 Å². The number of hydrogen-bond donors (Lipinski definition) is 2. The van der Waals surface area contributed by atoms with Crippen LogP contribution in [0.5, 0.6) is 5.75 Å². The molecule has 98 valence electrons. The van der Waals surface area contributed by atoms with E-state index in [1.165, 1.54) is 12.1 Å². The number of nitrogens with one attached hydrogen (secondary N) is 1. The minimum atomic E-state index is -0.441. The average Bonchev–Trinajstić information content (AvgIpc) is 2.40. The molecule has 0 aliphatic heterocycles. The van der Waals surface area contributed by atoms with Gasteiger partial charge in [-0.05, 0) is 30.3 Å². The maximum atomic E-state index is 10.5. The highest BCUT2D eigenvalue weighted by Crippen LogP contribution is 2.23. The number of aromatic hydroxyl groups is 1. The second kappa shape index (κ2) is 5.71. The summed E-state index contributed by atoms with van der Waals surface area (Å²) in [7, 11) is 0. The Morgan fingerprint density at radius 2 is 1.89 bits per heavy atom. The number of nitrogens with zero attached hydrogens (tertiary/aromatic N) is 1. The minimum Gasteiger partial charge on any atom is -0.508 e. The van der Waals surface area contributed by atoms with Gasteiger partial charge in [-0.25, -0.2) is 0 Å². The van der Waals surface area contributed by atoms with Crippen molar-refractivity contribution in [2.24, 2.45) is 0 Å². The second-order valence-electron chi connectivity index (χ2n) is 3.93. The lowest BCUT2D eigenvalue weighted by molar-refractivity contribution is -0.384. The fraction of sp³-hybridized carbons (Fsp3) is 0.0769. The summed E-state index contributed by atoms with van der Waals surface area (Å²) in [6.45, 7) is 0.434. The van der Waals surface area contributed by atoms with E-state index in [2.05, 4.69) is 21.2 Å². The number of phenolic OH excluding ortho intramolecular Hbond substituents is 1. The molecule has 0 heterocycles. The van der Waals surface area contributed by atoms with Gasteiger partial charge in [-0.3, -0.25) is 10.1 Å². The van der Waals surface area contributed by atoms with Crippen LogP contribution >= 0.6 is 15.9 Å². The van der Waals surface area contributed by atoms with Gasteiger partial charge in [0, 0.05) is 34.4 Å². The molecular weight excluding hydrogens is 312 g/mol. The fourth-order valence-electron chi connectivity index (χ4n) is 1.59. The van der Waals surface area contributed by atoms with Crippen molar-refractivity contribution in [3.63, 3.8) is 0 Å². The van der Waals surface area contributed by atoms with Crippen LogP contribution in [0.2, 0.25) is 0 Å². The molecule has 0 aliphatic rings. The highest BCUT2D eigenvalue weighted by Gasteiger charge is 2.05. The van der Waals surface area contributed by atoms with Crippen LogP contribution in [0.3, 0.4) is 0 Å². The lowest BCUT2D eigenvalue weighted by Gasteiger charge is -2.08. The Kier molecular flexibility index (Phi) is 4.01. The molecule has 2 aromatic rings. The Morgan fingerprint density at radius 3 is 2.53 bits per heavy atom. The van der Waals surface area contributed by atoms with E-state index in [-0.39, 0.29) is 11.4 Å². The Balaban J connectivity index is 2.06. The van der Waals surface area contributed by atoms with E-state index in [9.17, 15) is 15.2 Å². The molecule has 2 rings (SSSR count). The third kappa shape index (κ3) is 3.45. The van der Waals surface area contributed by atoms with Crippen molar-refractivity contribution in [1.29, 1.82) is 0 Å². The monoisotopic (exact) mass is 322 g/mol. The maximum absolute atomic E-state index is 10.5. The first-order valence-electron chi connectivity index (χ1n) is 5.52. The predicted molar refractivity (Wildman–Crippen MR) is 76.2 cm³/mol. The molecule has 6 heteroatoms. The molecule has 0 fully saturated rings. The summed E-state index contributed by atoms with van der Waals surface area (Å²) in [5.41, 5.74) is 1.55. The highest BCUT2D eigenvalue weighted by atomic mass is 79.9. The van der Waals surface area contributed by atoms with Gasteiger partial charge in [0.15, 0.2) is 0 Å². The van der Waals surface area contributed by atoms with Crippen LogP contribution in [0, 0.1) is 10.1 Å². The zero-order valence-corrected chi connectivity index (χ0v) is 11.4. The lowest BCUT2D eigenvalue weighted by Crippen LogP contribution is -2.00. The van der Waals surface area contributed by atoms with E-state index in [4.69, 9.17) is 0 Å². The standard InChI is InChI=1S/C13H11BrN2O3/c14-10-1-6-13(17)9(7-10)8-15-11-2-4-12(5-3-11)16(18)19/h1-7,15,17H,8H2. The van der Waals surface area contributed by atoms with Gasteiger partial charge in [0.2, 0.25) is 0 Å². The molecule has 0 aliphatic carbocycles. The van der Waals surface area contributed by atoms with Crippen molar-refractivity contribution in [1.82, 2.24) is 0 Å². The molecule has 0 aromatic heterocycles. The lowest BCUT2D eigenvalue weighted by atomic mass is 10.2. The van der Waals surface area contributed by atoms with Gasteiger partial charge in [-0.15, -0.1) is 0 Å². The number of rotatable bonds is 4. The van der Waals surface area contributed by atoms with Crippen molar-refractivity contribution in [3.8, 4) is 5.75 Å². The van der Waals surface area contributed by atoms with Crippen molar-refractivity contribution in [2.45, 2.75) is 6.54 Å². The van der Waals surface area contributed by atoms with Crippen molar-refractivity contribution in [2.75, 3.05) is 5.32 Å². The van der Waals surface area contributed by atoms with Crippen molar-refractivity contribution >= 4 is 27.3 Å². The van der Waals surface area contributed by atoms with E-state index in [1.54, 1.807) is 24.3 Å². The van der Waals surface area contributed by atoms with Crippen LogP contribution in [0.25, 0.3) is 0 Å². The summed E-state index contributed by atoms with van der Waals surface area (Å²) < 4.78 is 0.880. The average molecular weight is 323 g/mol. The van der Waals surface area contributed by atoms with Gasteiger partial charge in [-0.1, -0.05) is 15.9 Å². The zero-order chi connectivity index (χ0) is 13.8. The number of halogens is 1. The van der Waals surface area contributed by atoms with Crippen LogP contribution in [0.15, 0.2) is 46.9 Å². The molecule has 0 radical (unpaired) electrons. The Bertz CT molecular complexity index is 599. The number of phenols is 1. The van der Waals surface area contributed by atoms with E-state index < -0.39 is 4.92 Å². The first-order chi connectivity index (χ1) is 9.06. The molecule has 0 unspecified atom stereocenters. The number of benzene rings is 2. The number of anilines is 1. The van der Waals surface area contributed by atoms with Gasteiger partial charge in [0.25, 0.3) is 5.69 Å². The predicted octanol–water partition coefficient (Wildman–Crippen LogP) is 3.68. The van der Waals surface area contributed by atoms with Gasteiger partial charge in [0.05, 0.1) is 4.92 Å². The second-order valence-corrected chi connectivity index (χ2v) is 4.85. The molecule has 5 nitrogen and oxygen atoms in total. The molecule has 0 bridgehead atoms. The Morgan fingerprint density at radius 1 is 1.21 bits per heavy atom. The van der Waals surface area contributed by atoms with E-state index in [1.807, 2.05) is 6.07 Å². The quantitative estimate of drug-likeness (QED) is 0.665. The largest absolute Gasteiger partial charge is 0.508 e.